The average Bonchev–Trinajstić information content (AvgIpc) is 2.77. The van der Waals surface area contributed by atoms with Gasteiger partial charge in [-0.25, -0.2) is 8.42 Å². The smallest absolute Gasteiger partial charge is 0.325 e. The molecule has 0 saturated carbocycles. The van der Waals surface area contributed by atoms with Crippen LogP contribution in [-0.4, -0.2) is 38.4 Å². The van der Waals surface area contributed by atoms with Crippen molar-refractivity contribution in [1.29, 1.82) is 0 Å². The molecule has 1 unspecified atom stereocenters. The number of nitrogens with one attached hydrogen (secondary N) is 2. The summed E-state index contributed by atoms with van der Waals surface area (Å²) in [5, 5.41) is 4.64. The summed E-state index contributed by atoms with van der Waals surface area (Å²) < 4.78 is 60.7. The predicted octanol–water partition coefficient (Wildman–Crippen LogP) is 2.07. The van der Waals surface area contributed by atoms with Crippen LogP contribution >= 0.6 is 11.6 Å². The highest BCUT2D eigenvalue weighted by molar-refractivity contribution is 7.91. The van der Waals surface area contributed by atoms with Gasteiger partial charge in [0.25, 0.3) is 0 Å². The highest BCUT2D eigenvalue weighted by Crippen LogP contribution is 2.36. The molecule has 1 aliphatic heterocycles. The van der Waals surface area contributed by atoms with Gasteiger partial charge in [0.1, 0.15) is 0 Å². The summed E-state index contributed by atoms with van der Waals surface area (Å²) in [4.78, 5) is 11.7. The Morgan fingerprint density at radius 2 is 2.04 bits per heavy atom. The van der Waals surface area contributed by atoms with Gasteiger partial charge in [-0.05, 0) is 24.6 Å². The molecule has 128 valence electrons. The Morgan fingerprint density at radius 1 is 1.35 bits per heavy atom. The maximum absolute atomic E-state index is 12.7. The van der Waals surface area contributed by atoms with E-state index in [0.717, 1.165) is 12.1 Å². The highest BCUT2D eigenvalue weighted by atomic mass is 35.5. The largest absolute Gasteiger partial charge is 0.417 e. The first-order chi connectivity index (χ1) is 10.6. The first kappa shape index (κ1) is 18.0. The fraction of sp³-hybridized carbons (Fsp3) is 0.462. The van der Waals surface area contributed by atoms with Gasteiger partial charge in [-0.2, -0.15) is 13.2 Å². The van der Waals surface area contributed by atoms with Crippen molar-refractivity contribution in [2.75, 3.05) is 23.4 Å². The molecule has 23 heavy (non-hydrogen) atoms. The molecule has 1 fully saturated rings. The highest BCUT2D eigenvalue weighted by Gasteiger charge is 2.33. The van der Waals surface area contributed by atoms with E-state index in [9.17, 15) is 26.4 Å². The number of carbonyl (C=O) groups excluding carboxylic acids is 1. The second-order valence-electron chi connectivity index (χ2n) is 5.22. The molecule has 1 atom stereocenters. The SMILES string of the molecule is O=C(CNC1CCS(=O)(=O)C1)Nc1ccc(Cl)c(C(F)(F)F)c1. The minimum atomic E-state index is -4.62. The molecule has 0 spiro atoms. The Bertz CT molecular complexity index is 707. The van der Waals surface area contributed by atoms with Crippen LogP contribution in [0.2, 0.25) is 5.02 Å². The second kappa shape index (κ2) is 6.66. The van der Waals surface area contributed by atoms with Crippen LogP contribution in [0.4, 0.5) is 18.9 Å². The minimum Gasteiger partial charge on any atom is -0.325 e. The third-order valence-electron chi connectivity index (χ3n) is 3.34. The van der Waals surface area contributed by atoms with Crippen LogP contribution in [0.5, 0.6) is 0 Å². The van der Waals surface area contributed by atoms with E-state index < -0.39 is 32.5 Å². The predicted molar refractivity (Wildman–Crippen MR) is 80.1 cm³/mol. The molecule has 1 aromatic carbocycles. The lowest BCUT2D eigenvalue weighted by Gasteiger charge is -2.13. The summed E-state index contributed by atoms with van der Waals surface area (Å²) in [6.45, 7) is -0.190. The third-order valence-corrected chi connectivity index (χ3v) is 5.44. The molecule has 2 N–H and O–H groups in total. The zero-order valence-corrected chi connectivity index (χ0v) is 13.4. The van der Waals surface area contributed by atoms with Gasteiger partial charge in [0.15, 0.2) is 9.84 Å². The number of hydrogen-bond acceptors (Lipinski definition) is 4. The van der Waals surface area contributed by atoms with Gasteiger partial charge in [0.05, 0.1) is 28.6 Å². The molecule has 1 amide bonds. The number of hydrogen-bond donors (Lipinski definition) is 2. The van der Waals surface area contributed by atoms with E-state index in [1.165, 1.54) is 6.07 Å². The number of rotatable bonds is 4. The molecular weight excluding hydrogens is 357 g/mol. The summed E-state index contributed by atoms with van der Waals surface area (Å²) >= 11 is 5.49. The van der Waals surface area contributed by atoms with Crippen LogP contribution in [0.25, 0.3) is 0 Å². The lowest BCUT2D eigenvalue weighted by Crippen LogP contribution is -2.36. The van der Waals surface area contributed by atoms with Crippen LogP contribution in [0.1, 0.15) is 12.0 Å². The Morgan fingerprint density at radius 3 is 2.61 bits per heavy atom. The maximum Gasteiger partial charge on any atom is 0.417 e. The van der Waals surface area contributed by atoms with Crippen molar-refractivity contribution < 1.29 is 26.4 Å². The van der Waals surface area contributed by atoms with Crippen LogP contribution < -0.4 is 10.6 Å². The number of anilines is 1. The lowest BCUT2D eigenvalue weighted by molar-refractivity contribution is -0.137. The van der Waals surface area contributed by atoms with Crippen molar-refractivity contribution in [3.05, 3.63) is 28.8 Å². The van der Waals surface area contributed by atoms with Gasteiger partial charge in [-0.1, -0.05) is 11.6 Å². The van der Waals surface area contributed by atoms with Gasteiger partial charge < -0.3 is 10.6 Å². The van der Waals surface area contributed by atoms with Gasteiger partial charge >= 0.3 is 6.18 Å². The lowest BCUT2D eigenvalue weighted by atomic mass is 10.2. The Balaban J connectivity index is 1.93. The molecule has 0 aromatic heterocycles. The fourth-order valence-electron chi connectivity index (χ4n) is 2.22. The number of carbonyl (C=O) groups is 1. The maximum atomic E-state index is 12.7. The molecule has 0 radical (unpaired) electrons. The second-order valence-corrected chi connectivity index (χ2v) is 7.86. The third kappa shape index (κ3) is 5.08. The van der Waals surface area contributed by atoms with E-state index in [1.54, 1.807) is 0 Å². The molecule has 0 aliphatic carbocycles. The monoisotopic (exact) mass is 370 g/mol. The zero-order chi connectivity index (χ0) is 17.3. The van der Waals surface area contributed by atoms with Crippen molar-refractivity contribution in [3.8, 4) is 0 Å². The van der Waals surface area contributed by atoms with E-state index in [0.29, 0.717) is 6.42 Å². The standard InChI is InChI=1S/C13H14ClF3N2O3S/c14-11-2-1-8(5-10(11)13(15,16)17)19-12(20)6-18-9-3-4-23(21,22)7-9/h1-2,5,9,18H,3-4,6-7H2,(H,19,20). The molecule has 0 bridgehead atoms. The molecule has 10 heteroatoms. The number of sulfone groups is 1. The zero-order valence-electron chi connectivity index (χ0n) is 11.8. The van der Waals surface area contributed by atoms with Crippen molar-refractivity contribution >= 4 is 33.0 Å². The van der Waals surface area contributed by atoms with E-state index in [-0.39, 0.29) is 29.8 Å². The summed E-state index contributed by atoms with van der Waals surface area (Å²) in [7, 11) is -3.06. The molecule has 2 rings (SSSR count). The summed E-state index contributed by atoms with van der Waals surface area (Å²) in [5.74, 6) is -0.539. The number of amides is 1. The number of halogens is 4. The molecule has 1 heterocycles. The van der Waals surface area contributed by atoms with Gasteiger partial charge in [0, 0.05) is 11.7 Å². The van der Waals surface area contributed by atoms with Crippen LogP contribution in [0.15, 0.2) is 18.2 Å². The first-order valence-corrected chi connectivity index (χ1v) is 8.87. The number of benzene rings is 1. The molecular formula is C13H14ClF3N2O3S. The number of alkyl halides is 3. The Labute approximate surface area is 136 Å². The van der Waals surface area contributed by atoms with E-state index in [1.807, 2.05) is 0 Å². The van der Waals surface area contributed by atoms with Crippen molar-refractivity contribution in [2.24, 2.45) is 0 Å². The summed E-state index contributed by atoms with van der Waals surface area (Å²) in [6.07, 6.45) is -4.21. The Hall–Kier alpha value is -1.32. The van der Waals surface area contributed by atoms with Crippen molar-refractivity contribution in [1.82, 2.24) is 5.32 Å². The molecule has 1 aliphatic rings. The summed E-state index contributed by atoms with van der Waals surface area (Å²) in [5.41, 5.74) is -1.07. The summed E-state index contributed by atoms with van der Waals surface area (Å²) in [6, 6.07) is 2.74. The van der Waals surface area contributed by atoms with Crippen molar-refractivity contribution in [3.63, 3.8) is 0 Å². The first-order valence-electron chi connectivity index (χ1n) is 6.67. The van der Waals surface area contributed by atoms with Crippen LogP contribution in [0, 0.1) is 0 Å². The van der Waals surface area contributed by atoms with Crippen LogP contribution in [0.3, 0.4) is 0 Å². The van der Waals surface area contributed by atoms with Crippen LogP contribution in [-0.2, 0) is 20.8 Å². The van der Waals surface area contributed by atoms with E-state index in [2.05, 4.69) is 10.6 Å². The van der Waals surface area contributed by atoms with E-state index in [4.69, 9.17) is 11.6 Å². The van der Waals surface area contributed by atoms with Crippen molar-refractivity contribution in [2.45, 2.75) is 18.6 Å². The van der Waals surface area contributed by atoms with E-state index >= 15 is 0 Å². The van der Waals surface area contributed by atoms with Gasteiger partial charge in [-0.3, -0.25) is 4.79 Å². The molecule has 1 saturated heterocycles. The normalized spacial score (nSPS) is 20.4. The van der Waals surface area contributed by atoms with Gasteiger partial charge in [0.2, 0.25) is 5.91 Å². The fourth-order valence-corrected chi connectivity index (χ4v) is 4.15. The Kier molecular flexibility index (Phi) is 5.22. The van der Waals surface area contributed by atoms with Gasteiger partial charge in [-0.15, -0.1) is 0 Å². The topological polar surface area (TPSA) is 75.3 Å². The quantitative estimate of drug-likeness (QED) is 0.851. The average molecular weight is 371 g/mol. The molecule has 1 aromatic rings. The minimum absolute atomic E-state index is 0.0347. The molecule has 5 nitrogen and oxygen atoms in total.